The van der Waals surface area contributed by atoms with Crippen LogP contribution in [0, 0.1) is 0 Å². The maximum Gasteiger partial charge on any atom is 0.241 e. The third kappa shape index (κ3) is 3.11. The van der Waals surface area contributed by atoms with Crippen LogP contribution >= 0.6 is 0 Å². The molecule has 6 nitrogen and oxygen atoms in total. The average Bonchev–Trinajstić information content (AvgIpc) is 2.95. The molecule has 0 aliphatic carbocycles. The van der Waals surface area contributed by atoms with Gasteiger partial charge in [-0.2, -0.15) is 0 Å². The molecule has 1 aliphatic rings. The molecule has 1 fully saturated rings. The number of benzene rings is 1. The maximum atomic E-state index is 12.1. The smallest absolute Gasteiger partial charge is 0.241 e. The van der Waals surface area contributed by atoms with Crippen LogP contribution in [-0.4, -0.2) is 33.3 Å². The highest BCUT2D eigenvalue weighted by Gasteiger charge is 2.20. The van der Waals surface area contributed by atoms with Gasteiger partial charge in [-0.05, 0) is 43.7 Å². The molecule has 1 aromatic heterocycles. The zero-order chi connectivity index (χ0) is 14.7. The molecule has 1 amide bonds. The van der Waals surface area contributed by atoms with Gasteiger partial charge in [-0.25, -0.2) is 0 Å². The van der Waals surface area contributed by atoms with Crippen molar-refractivity contribution in [3.8, 4) is 11.4 Å². The van der Waals surface area contributed by atoms with Crippen molar-refractivity contribution < 1.29 is 4.79 Å². The summed E-state index contributed by atoms with van der Waals surface area (Å²) in [6.07, 6.45) is 4.83. The number of hydrogen-bond acceptors (Lipinski definition) is 4. The third-order valence-electron chi connectivity index (χ3n) is 3.75. The summed E-state index contributed by atoms with van der Waals surface area (Å²) < 4.78 is 1.86. The number of piperidine rings is 1. The van der Waals surface area contributed by atoms with Crippen LogP contribution in [0.15, 0.2) is 30.6 Å². The fourth-order valence-electron chi connectivity index (χ4n) is 2.55. The van der Waals surface area contributed by atoms with Crippen molar-refractivity contribution in [3.63, 3.8) is 0 Å². The summed E-state index contributed by atoms with van der Waals surface area (Å²) in [5.74, 6) is 0.850. The summed E-state index contributed by atoms with van der Waals surface area (Å²) in [4.78, 5) is 12.1. The zero-order valence-corrected chi connectivity index (χ0v) is 12.0. The number of rotatable bonds is 3. The molecule has 6 heteroatoms. The highest BCUT2D eigenvalue weighted by atomic mass is 16.2. The Morgan fingerprint density at radius 3 is 2.76 bits per heavy atom. The van der Waals surface area contributed by atoms with Gasteiger partial charge in [0.1, 0.15) is 6.33 Å². The molecule has 1 saturated heterocycles. The second-order valence-electron chi connectivity index (χ2n) is 5.33. The second kappa shape index (κ2) is 6.05. The molecule has 2 heterocycles. The number of nitrogens with zero attached hydrogens (tertiary/aromatic N) is 3. The number of nitrogens with one attached hydrogen (secondary N) is 2. The second-order valence-corrected chi connectivity index (χ2v) is 5.33. The lowest BCUT2D eigenvalue weighted by molar-refractivity contribution is -0.118. The average molecular weight is 285 g/mol. The first-order valence-electron chi connectivity index (χ1n) is 7.23. The van der Waals surface area contributed by atoms with Crippen molar-refractivity contribution in [1.29, 1.82) is 0 Å². The van der Waals surface area contributed by atoms with E-state index >= 15 is 0 Å². The quantitative estimate of drug-likeness (QED) is 0.898. The summed E-state index contributed by atoms with van der Waals surface area (Å²) >= 11 is 0. The van der Waals surface area contributed by atoms with Gasteiger partial charge in [-0.15, -0.1) is 10.2 Å². The molecule has 0 saturated carbocycles. The van der Waals surface area contributed by atoms with Crippen molar-refractivity contribution in [2.24, 2.45) is 7.05 Å². The Labute approximate surface area is 123 Å². The number of aryl methyl sites for hydroxylation is 1. The lowest BCUT2D eigenvalue weighted by Crippen LogP contribution is -2.43. The highest BCUT2D eigenvalue weighted by molar-refractivity contribution is 5.95. The summed E-state index contributed by atoms with van der Waals surface area (Å²) in [5.41, 5.74) is 1.78. The summed E-state index contributed by atoms with van der Waals surface area (Å²) in [5, 5.41) is 14.1. The number of anilines is 1. The van der Waals surface area contributed by atoms with Crippen molar-refractivity contribution in [2.75, 3.05) is 11.9 Å². The molecule has 1 aromatic carbocycles. The Morgan fingerprint density at radius 2 is 2.14 bits per heavy atom. The van der Waals surface area contributed by atoms with Crippen LogP contribution in [0.3, 0.4) is 0 Å². The van der Waals surface area contributed by atoms with Gasteiger partial charge in [0.25, 0.3) is 0 Å². The van der Waals surface area contributed by atoms with Gasteiger partial charge in [0, 0.05) is 18.3 Å². The topological polar surface area (TPSA) is 71.8 Å². The standard InChI is InChI=1S/C15H19N5O/c1-20-10-17-19-14(20)11-5-7-12(8-6-11)18-15(21)13-4-2-3-9-16-13/h5-8,10,13,16H,2-4,9H2,1H3,(H,18,21)/t13-/m1/s1. The lowest BCUT2D eigenvalue weighted by Gasteiger charge is -2.22. The first kappa shape index (κ1) is 13.8. The van der Waals surface area contributed by atoms with Crippen LogP contribution in [0.25, 0.3) is 11.4 Å². The molecule has 0 spiro atoms. The first-order chi connectivity index (χ1) is 10.2. The minimum absolute atomic E-state index is 0.0427. The maximum absolute atomic E-state index is 12.1. The van der Waals surface area contributed by atoms with Gasteiger partial charge >= 0.3 is 0 Å². The largest absolute Gasteiger partial charge is 0.325 e. The third-order valence-corrected chi connectivity index (χ3v) is 3.75. The Hall–Kier alpha value is -2.21. The molecule has 1 atom stereocenters. The van der Waals surface area contributed by atoms with Crippen LogP contribution in [0.5, 0.6) is 0 Å². The SMILES string of the molecule is Cn1cnnc1-c1ccc(NC(=O)[C@H]2CCCCN2)cc1. The predicted octanol–water partition coefficient (Wildman–Crippen LogP) is 1.56. The molecule has 0 radical (unpaired) electrons. The minimum atomic E-state index is -0.0721. The van der Waals surface area contributed by atoms with E-state index < -0.39 is 0 Å². The molecule has 3 rings (SSSR count). The van der Waals surface area contributed by atoms with Crippen molar-refractivity contribution >= 4 is 11.6 Å². The summed E-state index contributed by atoms with van der Waals surface area (Å²) in [6, 6.07) is 7.59. The summed E-state index contributed by atoms with van der Waals surface area (Å²) in [7, 11) is 1.90. The molecule has 21 heavy (non-hydrogen) atoms. The lowest BCUT2D eigenvalue weighted by atomic mass is 10.0. The first-order valence-corrected chi connectivity index (χ1v) is 7.23. The van der Waals surface area contributed by atoms with E-state index in [9.17, 15) is 4.79 Å². The van der Waals surface area contributed by atoms with Crippen LogP contribution in [0.4, 0.5) is 5.69 Å². The molecule has 2 aromatic rings. The fourth-order valence-corrected chi connectivity index (χ4v) is 2.55. The van der Waals surface area contributed by atoms with Crippen LogP contribution in [0.2, 0.25) is 0 Å². The molecule has 2 N–H and O–H groups in total. The van der Waals surface area contributed by atoms with Crippen molar-refractivity contribution in [1.82, 2.24) is 20.1 Å². The predicted molar refractivity (Wildman–Crippen MR) is 80.7 cm³/mol. The van der Waals surface area contributed by atoms with E-state index in [2.05, 4.69) is 20.8 Å². The van der Waals surface area contributed by atoms with Gasteiger partial charge in [-0.3, -0.25) is 4.79 Å². The zero-order valence-electron chi connectivity index (χ0n) is 12.0. The number of aromatic nitrogens is 3. The van der Waals surface area contributed by atoms with E-state index in [0.29, 0.717) is 0 Å². The van der Waals surface area contributed by atoms with Crippen molar-refractivity contribution in [3.05, 3.63) is 30.6 Å². The van der Waals surface area contributed by atoms with E-state index in [-0.39, 0.29) is 11.9 Å². The summed E-state index contributed by atoms with van der Waals surface area (Å²) in [6.45, 7) is 0.920. The number of carbonyl (C=O) groups excluding carboxylic acids is 1. The number of hydrogen-bond donors (Lipinski definition) is 2. The molecule has 1 aliphatic heterocycles. The molecule has 110 valence electrons. The van der Waals surface area contributed by atoms with Gasteiger partial charge in [0.2, 0.25) is 5.91 Å². The van der Waals surface area contributed by atoms with E-state index in [1.165, 1.54) is 0 Å². The molecular weight excluding hydrogens is 266 g/mol. The monoisotopic (exact) mass is 285 g/mol. The van der Waals surface area contributed by atoms with E-state index in [1.807, 2.05) is 35.9 Å². The Balaban J connectivity index is 1.67. The minimum Gasteiger partial charge on any atom is -0.325 e. The van der Waals surface area contributed by atoms with Gasteiger partial charge in [0.05, 0.1) is 6.04 Å². The van der Waals surface area contributed by atoms with Crippen molar-refractivity contribution in [2.45, 2.75) is 25.3 Å². The molecule has 0 unspecified atom stereocenters. The molecule has 0 bridgehead atoms. The van der Waals surface area contributed by atoms with E-state index in [4.69, 9.17) is 0 Å². The van der Waals surface area contributed by atoms with Gasteiger partial charge < -0.3 is 15.2 Å². The Kier molecular flexibility index (Phi) is 3.96. The van der Waals surface area contributed by atoms with Crippen LogP contribution < -0.4 is 10.6 Å². The van der Waals surface area contributed by atoms with E-state index in [0.717, 1.165) is 42.9 Å². The Morgan fingerprint density at radius 1 is 1.33 bits per heavy atom. The van der Waals surface area contributed by atoms with Gasteiger partial charge in [0.15, 0.2) is 5.82 Å². The van der Waals surface area contributed by atoms with Crippen LogP contribution in [-0.2, 0) is 11.8 Å². The van der Waals surface area contributed by atoms with Crippen LogP contribution in [0.1, 0.15) is 19.3 Å². The van der Waals surface area contributed by atoms with E-state index in [1.54, 1.807) is 6.33 Å². The fraction of sp³-hybridized carbons (Fsp3) is 0.400. The number of carbonyl (C=O) groups is 1. The molecular formula is C15H19N5O. The highest BCUT2D eigenvalue weighted by Crippen LogP contribution is 2.19. The normalized spacial score (nSPS) is 18.4. The number of amides is 1. The Bertz CT molecular complexity index is 613. The van der Waals surface area contributed by atoms with Gasteiger partial charge in [-0.1, -0.05) is 6.42 Å².